The number of rotatable bonds is 0. The second kappa shape index (κ2) is 2.07. The third-order valence-corrected chi connectivity index (χ3v) is 0.973. The van der Waals surface area contributed by atoms with E-state index in [2.05, 4.69) is 24.1 Å². The molecular weight excluding hydrogens is 106 g/mol. The van der Waals surface area contributed by atoms with Crippen molar-refractivity contribution >= 4 is 12.6 Å². The zero-order valence-electron chi connectivity index (χ0n) is 3.81. The van der Waals surface area contributed by atoms with E-state index < -0.39 is 0 Å². The van der Waals surface area contributed by atoms with Gasteiger partial charge in [0.2, 0.25) is 0 Å². The number of hydrogen-bond donors (Lipinski definition) is 2. The third kappa shape index (κ3) is 1.27. The fourth-order valence-electron chi connectivity index (χ4n) is 0.413. The highest BCUT2D eigenvalue weighted by Crippen LogP contribution is 2.01. The molecule has 7 heavy (non-hydrogen) atoms. The molecule has 1 aliphatic rings. The van der Waals surface area contributed by atoms with Crippen LogP contribution >= 0.6 is 12.6 Å². The van der Waals surface area contributed by atoms with Crippen LogP contribution in [-0.2, 0) is 0 Å². The lowest BCUT2D eigenvalue weighted by molar-refractivity contribution is 0.938. The highest BCUT2D eigenvalue weighted by Gasteiger charge is 1.86. The Hall–Kier alpha value is -0.370. The first kappa shape index (κ1) is 4.78. The van der Waals surface area contributed by atoms with Crippen molar-refractivity contribution in [2.24, 2.45) is 0 Å². The largest absolute Gasteiger partial charge is 0.379 e. The van der Waals surface area contributed by atoms with Crippen LogP contribution in [0.1, 0.15) is 0 Å². The average Bonchev–Trinajstić information content (AvgIpc) is 1.69. The van der Waals surface area contributed by atoms with E-state index in [-0.39, 0.29) is 0 Å². The maximum atomic E-state index is 4.02. The maximum absolute atomic E-state index is 4.02. The summed E-state index contributed by atoms with van der Waals surface area (Å²) in [6.45, 7) is 0.879. The lowest BCUT2D eigenvalue weighted by Crippen LogP contribution is -2.08. The van der Waals surface area contributed by atoms with Gasteiger partial charge in [-0.05, 0) is 6.08 Å². The van der Waals surface area contributed by atoms with E-state index in [4.69, 9.17) is 0 Å². The molecule has 0 unspecified atom stereocenters. The molecule has 0 aliphatic carbocycles. The molecule has 0 spiro atoms. The van der Waals surface area contributed by atoms with Crippen LogP contribution in [0.4, 0.5) is 0 Å². The van der Waals surface area contributed by atoms with Crippen LogP contribution in [0.25, 0.3) is 0 Å². The van der Waals surface area contributed by atoms with Crippen molar-refractivity contribution in [2.75, 3.05) is 6.54 Å². The van der Waals surface area contributed by atoms with Crippen LogP contribution in [0.5, 0.6) is 0 Å². The molecule has 0 saturated heterocycles. The molecule has 1 radical (unpaired) electrons. The first-order chi connectivity index (χ1) is 3.39. The number of thiol groups is 1. The van der Waals surface area contributed by atoms with Crippen molar-refractivity contribution in [1.82, 2.24) is 5.32 Å². The summed E-state index contributed by atoms with van der Waals surface area (Å²) >= 11 is 4.02. The quantitative estimate of drug-likeness (QED) is 0.440. The van der Waals surface area contributed by atoms with Gasteiger partial charge in [0.1, 0.15) is 0 Å². The normalized spacial score (nSPS) is 18.1. The van der Waals surface area contributed by atoms with Gasteiger partial charge in [-0.15, -0.1) is 12.6 Å². The second-order valence-electron chi connectivity index (χ2n) is 1.29. The molecule has 1 aliphatic heterocycles. The van der Waals surface area contributed by atoms with Gasteiger partial charge in [0.25, 0.3) is 0 Å². The second-order valence-corrected chi connectivity index (χ2v) is 1.78. The Balaban J connectivity index is 2.58. The summed E-state index contributed by atoms with van der Waals surface area (Å²) in [5.41, 5.74) is 0. The number of nitrogens with one attached hydrogen (secondary N) is 1. The predicted octanol–water partition coefficient (Wildman–Crippen LogP) is 0.720. The first-order valence-corrected chi connectivity index (χ1v) is 2.55. The van der Waals surface area contributed by atoms with Crippen molar-refractivity contribution in [2.45, 2.75) is 0 Å². The Morgan fingerprint density at radius 3 is 3.00 bits per heavy atom. The lowest BCUT2D eigenvalue weighted by Gasteiger charge is -1.98. The van der Waals surface area contributed by atoms with Crippen molar-refractivity contribution < 1.29 is 0 Å². The average molecular weight is 112 g/mol. The van der Waals surface area contributed by atoms with Gasteiger partial charge in [0.05, 0.1) is 6.20 Å². The van der Waals surface area contributed by atoms with Crippen molar-refractivity contribution in [3.05, 3.63) is 23.3 Å². The summed E-state index contributed by atoms with van der Waals surface area (Å²) in [6.07, 6.45) is 6.74. The van der Waals surface area contributed by atoms with E-state index in [1.54, 1.807) is 0 Å². The summed E-state index contributed by atoms with van der Waals surface area (Å²) in [7, 11) is 0. The van der Waals surface area contributed by atoms with Crippen LogP contribution in [0, 0.1) is 6.20 Å². The molecule has 0 atom stereocenters. The summed E-state index contributed by atoms with van der Waals surface area (Å²) in [6, 6.07) is 0. The monoisotopic (exact) mass is 112 g/mol. The molecular formula is C5H6NS. The number of dihydropyridines is 1. The molecule has 2 heteroatoms. The fraction of sp³-hybridized carbons (Fsp3) is 0.200. The summed E-state index contributed by atoms with van der Waals surface area (Å²) in [4.78, 5) is 0.867. The van der Waals surface area contributed by atoms with Crippen LogP contribution < -0.4 is 5.32 Å². The molecule has 0 saturated carbocycles. The minimum Gasteiger partial charge on any atom is -0.379 e. The van der Waals surface area contributed by atoms with Crippen LogP contribution in [0.15, 0.2) is 17.1 Å². The predicted molar refractivity (Wildman–Crippen MR) is 32.9 cm³/mol. The zero-order valence-corrected chi connectivity index (χ0v) is 4.70. The minimum atomic E-state index is 0.867. The Labute approximate surface area is 48.5 Å². The van der Waals surface area contributed by atoms with E-state index in [0.717, 1.165) is 11.4 Å². The Morgan fingerprint density at radius 1 is 1.86 bits per heavy atom. The van der Waals surface area contributed by atoms with Gasteiger partial charge in [0.15, 0.2) is 0 Å². The van der Waals surface area contributed by atoms with Gasteiger partial charge in [-0.1, -0.05) is 6.08 Å². The number of allylic oxidation sites excluding steroid dienone is 1. The highest BCUT2D eigenvalue weighted by atomic mass is 32.1. The van der Waals surface area contributed by atoms with Gasteiger partial charge in [-0.3, -0.25) is 0 Å². The van der Waals surface area contributed by atoms with Gasteiger partial charge in [-0.2, -0.15) is 0 Å². The lowest BCUT2D eigenvalue weighted by atomic mass is 10.4. The Morgan fingerprint density at radius 2 is 2.71 bits per heavy atom. The van der Waals surface area contributed by atoms with Crippen molar-refractivity contribution in [3.8, 4) is 0 Å². The maximum Gasteiger partial charge on any atom is 0.0725 e. The van der Waals surface area contributed by atoms with E-state index in [1.165, 1.54) is 0 Å². The topological polar surface area (TPSA) is 12.0 Å². The Bertz CT molecular complexity index is 115. The van der Waals surface area contributed by atoms with Crippen molar-refractivity contribution in [3.63, 3.8) is 0 Å². The molecule has 1 N–H and O–H groups in total. The van der Waals surface area contributed by atoms with Crippen LogP contribution in [0.3, 0.4) is 0 Å². The molecule has 1 heterocycles. The molecule has 0 amide bonds. The Kier molecular flexibility index (Phi) is 1.42. The van der Waals surface area contributed by atoms with E-state index in [9.17, 15) is 0 Å². The van der Waals surface area contributed by atoms with Crippen LogP contribution in [0.2, 0.25) is 0 Å². The molecule has 0 aromatic rings. The molecule has 0 fully saturated rings. The molecule has 1 nitrogen and oxygen atoms in total. The summed E-state index contributed by atoms with van der Waals surface area (Å²) in [5.74, 6) is 0. The van der Waals surface area contributed by atoms with E-state index >= 15 is 0 Å². The standard InChI is InChI=1S/C5H6NS/c7-5-2-1-3-6-4-5/h1-2,6-7H,3H2. The first-order valence-electron chi connectivity index (χ1n) is 2.11. The minimum absolute atomic E-state index is 0.867. The molecule has 1 rings (SSSR count). The zero-order chi connectivity index (χ0) is 5.11. The summed E-state index contributed by atoms with van der Waals surface area (Å²) in [5, 5.41) is 2.88. The molecule has 0 bridgehead atoms. The fourth-order valence-corrected chi connectivity index (χ4v) is 0.597. The van der Waals surface area contributed by atoms with E-state index in [1.807, 2.05) is 12.2 Å². The highest BCUT2D eigenvalue weighted by molar-refractivity contribution is 7.84. The molecule has 0 aromatic carbocycles. The van der Waals surface area contributed by atoms with Crippen LogP contribution in [-0.4, -0.2) is 6.54 Å². The van der Waals surface area contributed by atoms with Gasteiger partial charge >= 0.3 is 0 Å². The number of hydrogen-bond acceptors (Lipinski definition) is 2. The van der Waals surface area contributed by atoms with E-state index in [0.29, 0.717) is 0 Å². The van der Waals surface area contributed by atoms with Gasteiger partial charge in [-0.25, -0.2) is 0 Å². The SMILES string of the molecule is SC1=[C]NCC=C1. The molecule has 0 aromatic heterocycles. The third-order valence-electron chi connectivity index (χ3n) is 0.712. The summed E-state index contributed by atoms with van der Waals surface area (Å²) < 4.78 is 0. The smallest absolute Gasteiger partial charge is 0.0725 e. The van der Waals surface area contributed by atoms with Crippen molar-refractivity contribution in [1.29, 1.82) is 0 Å². The van der Waals surface area contributed by atoms with Gasteiger partial charge < -0.3 is 5.32 Å². The molecule has 37 valence electrons. The van der Waals surface area contributed by atoms with Gasteiger partial charge in [0, 0.05) is 11.4 Å².